The molecule has 0 spiro atoms. The van der Waals surface area contributed by atoms with Crippen LogP contribution in [0, 0.1) is 0 Å². The molecule has 1 saturated heterocycles. The van der Waals surface area contributed by atoms with Crippen molar-refractivity contribution >= 4 is 11.7 Å². The van der Waals surface area contributed by atoms with E-state index in [1.165, 1.54) is 0 Å². The summed E-state index contributed by atoms with van der Waals surface area (Å²) in [5, 5.41) is 3.05. The fraction of sp³-hybridized carbons (Fsp3) is 0.583. The molecule has 1 N–H and O–H groups in total. The SMILES string of the molecule is CCNc1cnc(C(=O)N2CCCC2C)cn1. The number of rotatable bonds is 3. The van der Waals surface area contributed by atoms with Crippen molar-refractivity contribution in [2.45, 2.75) is 32.7 Å². The van der Waals surface area contributed by atoms with Crippen molar-refractivity contribution in [2.24, 2.45) is 0 Å². The van der Waals surface area contributed by atoms with Gasteiger partial charge in [-0.3, -0.25) is 4.79 Å². The number of hydrogen-bond acceptors (Lipinski definition) is 4. The van der Waals surface area contributed by atoms with E-state index in [1.807, 2.05) is 11.8 Å². The molecule has 1 fully saturated rings. The Labute approximate surface area is 101 Å². The fourth-order valence-electron chi connectivity index (χ4n) is 2.09. The first-order valence-electron chi connectivity index (χ1n) is 6.09. The van der Waals surface area contributed by atoms with Gasteiger partial charge in [0.2, 0.25) is 0 Å². The molecule has 1 atom stereocenters. The molecule has 1 amide bonds. The van der Waals surface area contributed by atoms with Crippen LogP contribution in [-0.2, 0) is 0 Å². The summed E-state index contributed by atoms with van der Waals surface area (Å²) in [5.41, 5.74) is 0.431. The number of hydrogen-bond donors (Lipinski definition) is 1. The second-order valence-corrected chi connectivity index (χ2v) is 4.31. The Morgan fingerprint density at radius 3 is 2.88 bits per heavy atom. The van der Waals surface area contributed by atoms with Crippen LogP contribution in [0.1, 0.15) is 37.2 Å². The summed E-state index contributed by atoms with van der Waals surface area (Å²) in [7, 11) is 0. The smallest absolute Gasteiger partial charge is 0.274 e. The highest BCUT2D eigenvalue weighted by molar-refractivity contribution is 5.92. The lowest BCUT2D eigenvalue weighted by atomic mass is 10.2. The predicted octanol–water partition coefficient (Wildman–Crippen LogP) is 1.53. The number of nitrogens with zero attached hydrogens (tertiary/aromatic N) is 3. The van der Waals surface area contributed by atoms with Crippen LogP contribution in [0.2, 0.25) is 0 Å². The second kappa shape index (κ2) is 5.12. The van der Waals surface area contributed by atoms with Crippen LogP contribution in [-0.4, -0.2) is 39.9 Å². The molecule has 92 valence electrons. The molecular weight excluding hydrogens is 216 g/mol. The first-order valence-corrected chi connectivity index (χ1v) is 6.09. The number of carbonyl (C=O) groups excluding carboxylic acids is 1. The lowest BCUT2D eigenvalue weighted by molar-refractivity contribution is 0.0741. The fourth-order valence-corrected chi connectivity index (χ4v) is 2.09. The maximum absolute atomic E-state index is 12.1. The Morgan fingerprint density at radius 1 is 1.53 bits per heavy atom. The third-order valence-electron chi connectivity index (χ3n) is 3.04. The van der Waals surface area contributed by atoms with E-state index < -0.39 is 0 Å². The standard InChI is InChI=1S/C12H18N4O/c1-3-13-11-8-14-10(7-15-11)12(17)16-6-4-5-9(16)2/h7-9H,3-6H2,1-2H3,(H,13,15). The molecule has 1 unspecified atom stereocenters. The van der Waals surface area contributed by atoms with E-state index >= 15 is 0 Å². The zero-order chi connectivity index (χ0) is 12.3. The minimum Gasteiger partial charge on any atom is -0.369 e. The van der Waals surface area contributed by atoms with Crippen molar-refractivity contribution < 1.29 is 4.79 Å². The summed E-state index contributed by atoms with van der Waals surface area (Å²) in [6.07, 6.45) is 5.31. The first kappa shape index (κ1) is 11.8. The molecule has 2 heterocycles. The van der Waals surface area contributed by atoms with E-state index in [1.54, 1.807) is 12.4 Å². The molecular formula is C12H18N4O. The quantitative estimate of drug-likeness (QED) is 0.861. The second-order valence-electron chi connectivity index (χ2n) is 4.31. The van der Waals surface area contributed by atoms with Gasteiger partial charge in [0.1, 0.15) is 11.5 Å². The van der Waals surface area contributed by atoms with Crippen LogP contribution in [0.5, 0.6) is 0 Å². The minimum atomic E-state index is -0.00875. The molecule has 0 radical (unpaired) electrons. The van der Waals surface area contributed by atoms with Gasteiger partial charge in [0.25, 0.3) is 5.91 Å². The van der Waals surface area contributed by atoms with Gasteiger partial charge in [0, 0.05) is 19.1 Å². The monoisotopic (exact) mass is 234 g/mol. The van der Waals surface area contributed by atoms with Gasteiger partial charge in [-0.1, -0.05) is 0 Å². The molecule has 1 aromatic rings. The van der Waals surface area contributed by atoms with Crippen LogP contribution in [0.25, 0.3) is 0 Å². The van der Waals surface area contributed by atoms with Crippen LogP contribution in [0.15, 0.2) is 12.4 Å². The van der Waals surface area contributed by atoms with E-state index in [9.17, 15) is 4.79 Å². The molecule has 5 heteroatoms. The Hall–Kier alpha value is -1.65. The highest BCUT2D eigenvalue weighted by atomic mass is 16.2. The summed E-state index contributed by atoms with van der Waals surface area (Å²) in [4.78, 5) is 22.3. The molecule has 2 rings (SSSR count). The Kier molecular flexibility index (Phi) is 3.56. The Balaban J connectivity index is 2.08. The Morgan fingerprint density at radius 2 is 2.35 bits per heavy atom. The summed E-state index contributed by atoms with van der Waals surface area (Å²) >= 11 is 0. The van der Waals surface area contributed by atoms with Crippen molar-refractivity contribution in [3.05, 3.63) is 18.1 Å². The highest BCUT2D eigenvalue weighted by Crippen LogP contribution is 2.18. The molecule has 0 saturated carbocycles. The van der Waals surface area contributed by atoms with Crippen LogP contribution in [0.3, 0.4) is 0 Å². The molecule has 17 heavy (non-hydrogen) atoms. The first-order chi connectivity index (χ1) is 8.22. The van der Waals surface area contributed by atoms with Gasteiger partial charge in [-0.25, -0.2) is 9.97 Å². The zero-order valence-electron chi connectivity index (χ0n) is 10.3. The summed E-state index contributed by atoms with van der Waals surface area (Å²) in [6.45, 7) is 5.69. The van der Waals surface area contributed by atoms with E-state index in [-0.39, 0.29) is 5.91 Å². The van der Waals surface area contributed by atoms with E-state index in [0.717, 1.165) is 25.9 Å². The zero-order valence-corrected chi connectivity index (χ0v) is 10.3. The largest absolute Gasteiger partial charge is 0.369 e. The lowest BCUT2D eigenvalue weighted by Crippen LogP contribution is -2.34. The predicted molar refractivity (Wildman–Crippen MR) is 65.9 cm³/mol. The number of anilines is 1. The van der Waals surface area contributed by atoms with E-state index in [0.29, 0.717) is 17.6 Å². The van der Waals surface area contributed by atoms with Crippen molar-refractivity contribution in [3.63, 3.8) is 0 Å². The van der Waals surface area contributed by atoms with Crippen molar-refractivity contribution in [2.75, 3.05) is 18.4 Å². The molecule has 5 nitrogen and oxygen atoms in total. The molecule has 0 aliphatic carbocycles. The van der Waals surface area contributed by atoms with Gasteiger partial charge in [-0.05, 0) is 26.7 Å². The van der Waals surface area contributed by atoms with Gasteiger partial charge < -0.3 is 10.2 Å². The highest BCUT2D eigenvalue weighted by Gasteiger charge is 2.26. The summed E-state index contributed by atoms with van der Waals surface area (Å²) < 4.78 is 0. The number of amides is 1. The third-order valence-corrected chi connectivity index (χ3v) is 3.04. The van der Waals surface area contributed by atoms with E-state index in [2.05, 4.69) is 22.2 Å². The average Bonchev–Trinajstić information content (AvgIpc) is 2.76. The molecule has 0 aromatic carbocycles. The maximum Gasteiger partial charge on any atom is 0.274 e. The van der Waals surface area contributed by atoms with Gasteiger partial charge in [0.15, 0.2) is 0 Å². The molecule has 0 bridgehead atoms. The van der Waals surface area contributed by atoms with Gasteiger partial charge in [-0.15, -0.1) is 0 Å². The molecule has 1 aliphatic rings. The van der Waals surface area contributed by atoms with Gasteiger partial charge in [-0.2, -0.15) is 0 Å². The van der Waals surface area contributed by atoms with Gasteiger partial charge in [0.05, 0.1) is 12.4 Å². The van der Waals surface area contributed by atoms with Gasteiger partial charge >= 0.3 is 0 Å². The van der Waals surface area contributed by atoms with Crippen molar-refractivity contribution in [1.29, 1.82) is 0 Å². The average molecular weight is 234 g/mol. The van der Waals surface area contributed by atoms with Crippen molar-refractivity contribution in [1.82, 2.24) is 14.9 Å². The lowest BCUT2D eigenvalue weighted by Gasteiger charge is -2.20. The van der Waals surface area contributed by atoms with Crippen molar-refractivity contribution in [3.8, 4) is 0 Å². The number of nitrogens with one attached hydrogen (secondary N) is 1. The van der Waals surface area contributed by atoms with Crippen LogP contribution >= 0.6 is 0 Å². The van der Waals surface area contributed by atoms with E-state index in [4.69, 9.17) is 0 Å². The molecule has 1 aromatic heterocycles. The maximum atomic E-state index is 12.1. The molecule has 1 aliphatic heterocycles. The summed E-state index contributed by atoms with van der Waals surface area (Å²) in [6, 6.07) is 0.317. The topological polar surface area (TPSA) is 58.1 Å². The minimum absolute atomic E-state index is 0.00875. The summed E-state index contributed by atoms with van der Waals surface area (Å²) in [5.74, 6) is 0.698. The normalized spacial score (nSPS) is 19.4. The number of aromatic nitrogens is 2. The Bertz CT molecular complexity index is 390. The van der Waals surface area contributed by atoms with Crippen LogP contribution in [0.4, 0.5) is 5.82 Å². The number of carbonyl (C=O) groups is 1. The number of likely N-dealkylation sites (tertiary alicyclic amines) is 1. The third kappa shape index (κ3) is 2.54. The van der Waals surface area contributed by atoms with Crippen LogP contribution < -0.4 is 5.32 Å².